The van der Waals surface area contributed by atoms with E-state index in [1.807, 2.05) is 25.1 Å². The Morgan fingerprint density at radius 3 is 2.62 bits per heavy atom. The zero-order valence-corrected chi connectivity index (χ0v) is 14.6. The van der Waals surface area contributed by atoms with E-state index < -0.39 is 5.97 Å². The van der Waals surface area contributed by atoms with Crippen molar-refractivity contribution in [3.05, 3.63) is 29.3 Å². The van der Waals surface area contributed by atoms with E-state index >= 15 is 0 Å². The van der Waals surface area contributed by atoms with Crippen molar-refractivity contribution in [2.24, 2.45) is 5.16 Å². The number of rotatable bonds is 9. The van der Waals surface area contributed by atoms with E-state index in [0.29, 0.717) is 30.2 Å². The molecule has 0 radical (unpaired) electrons. The minimum atomic E-state index is -0.427. The second-order valence-electron chi connectivity index (χ2n) is 5.66. The average Bonchev–Trinajstić information content (AvgIpc) is 2.89. The lowest BCUT2D eigenvalue weighted by Crippen LogP contribution is -2.03. The third-order valence-electron chi connectivity index (χ3n) is 3.71. The van der Waals surface area contributed by atoms with Crippen molar-refractivity contribution in [3.63, 3.8) is 0 Å². The molecule has 0 bridgehead atoms. The average molecular weight is 331 g/mol. The molecule has 5 nitrogen and oxygen atoms in total. The van der Waals surface area contributed by atoms with Crippen molar-refractivity contribution in [1.29, 1.82) is 0 Å². The van der Waals surface area contributed by atoms with Gasteiger partial charge in [-0.2, -0.15) is 0 Å². The highest BCUT2D eigenvalue weighted by Crippen LogP contribution is 2.30. The second-order valence-corrected chi connectivity index (χ2v) is 5.66. The fourth-order valence-corrected chi connectivity index (χ4v) is 2.40. The predicted octanol–water partition coefficient (Wildman–Crippen LogP) is 4.36. The minimum Gasteiger partial charge on any atom is -0.490 e. The van der Waals surface area contributed by atoms with Gasteiger partial charge in [-0.05, 0) is 44.0 Å². The number of hydrogen-bond acceptors (Lipinski definition) is 5. The summed E-state index contributed by atoms with van der Waals surface area (Å²) in [6.07, 6.45) is 6.35. The number of benzene rings is 1. The van der Waals surface area contributed by atoms with Crippen LogP contribution in [0, 0.1) is 0 Å². The molecular weight excluding hydrogens is 306 g/mol. The van der Waals surface area contributed by atoms with E-state index in [1.54, 1.807) is 13.0 Å². The third kappa shape index (κ3) is 4.85. The van der Waals surface area contributed by atoms with E-state index in [-0.39, 0.29) is 0 Å². The first kappa shape index (κ1) is 18.0. The molecule has 0 aromatic heterocycles. The van der Waals surface area contributed by atoms with Crippen LogP contribution in [0.15, 0.2) is 28.9 Å². The zero-order valence-electron chi connectivity index (χ0n) is 14.6. The van der Waals surface area contributed by atoms with Crippen LogP contribution in [0.4, 0.5) is 0 Å². The fraction of sp³-hybridized carbons (Fsp3) is 0.474. The molecule has 0 spiro atoms. The summed E-state index contributed by atoms with van der Waals surface area (Å²) in [5, 5.41) is 3.69. The normalized spacial score (nSPS) is 15.4. The van der Waals surface area contributed by atoms with E-state index in [9.17, 15) is 4.79 Å². The first-order chi connectivity index (χ1) is 11.7. The van der Waals surface area contributed by atoms with Crippen LogP contribution in [0.3, 0.4) is 0 Å². The van der Waals surface area contributed by atoms with Gasteiger partial charge in [0.2, 0.25) is 0 Å². The molecule has 1 aromatic carbocycles. The van der Waals surface area contributed by atoms with Crippen LogP contribution in [0.25, 0.3) is 6.08 Å². The molecule has 2 rings (SSSR count). The highest BCUT2D eigenvalue weighted by molar-refractivity contribution is 6.24. The van der Waals surface area contributed by atoms with Gasteiger partial charge >= 0.3 is 5.97 Å². The molecule has 0 N–H and O–H groups in total. The lowest BCUT2D eigenvalue weighted by atomic mass is 10.1. The molecular formula is C19H25NO4. The van der Waals surface area contributed by atoms with Gasteiger partial charge in [0.25, 0.3) is 0 Å². The van der Waals surface area contributed by atoms with E-state index in [0.717, 1.165) is 24.2 Å². The number of hydrogen-bond donors (Lipinski definition) is 0. The summed E-state index contributed by atoms with van der Waals surface area (Å²) >= 11 is 0. The molecule has 0 unspecified atom stereocenters. The lowest BCUT2D eigenvalue weighted by molar-refractivity contribution is -0.136. The van der Waals surface area contributed by atoms with Crippen LogP contribution in [0.1, 0.15) is 52.0 Å². The molecule has 1 aliphatic rings. The Hall–Kier alpha value is -2.30. The van der Waals surface area contributed by atoms with Crippen molar-refractivity contribution in [1.82, 2.24) is 0 Å². The molecule has 130 valence electrons. The van der Waals surface area contributed by atoms with Crippen LogP contribution in [0.5, 0.6) is 11.5 Å². The standard InChI is InChI=1S/C19H25NO4/c1-4-6-7-8-11-23-18-13-15(9-10-17(18)22-5-2)12-16-14(3)20-24-19(16)21/h9-10,12-13H,4-8,11H2,1-3H3/b16-12+. The highest BCUT2D eigenvalue weighted by atomic mass is 16.7. The lowest BCUT2D eigenvalue weighted by Gasteiger charge is -2.12. The van der Waals surface area contributed by atoms with Crippen LogP contribution >= 0.6 is 0 Å². The summed E-state index contributed by atoms with van der Waals surface area (Å²) in [7, 11) is 0. The Balaban J connectivity index is 2.13. The van der Waals surface area contributed by atoms with Gasteiger partial charge in [0.05, 0.1) is 24.5 Å². The molecule has 0 amide bonds. The Morgan fingerprint density at radius 1 is 1.12 bits per heavy atom. The largest absolute Gasteiger partial charge is 0.490 e. The van der Waals surface area contributed by atoms with Crippen LogP contribution < -0.4 is 9.47 Å². The van der Waals surface area contributed by atoms with Gasteiger partial charge in [-0.25, -0.2) is 4.79 Å². The van der Waals surface area contributed by atoms with Crippen molar-refractivity contribution < 1.29 is 19.1 Å². The summed E-state index contributed by atoms with van der Waals surface area (Å²) < 4.78 is 11.5. The van der Waals surface area contributed by atoms with E-state index in [1.165, 1.54) is 12.8 Å². The quantitative estimate of drug-likeness (QED) is 0.383. The molecule has 0 saturated heterocycles. The van der Waals surface area contributed by atoms with E-state index in [2.05, 4.69) is 16.9 Å². The topological polar surface area (TPSA) is 57.1 Å². The van der Waals surface area contributed by atoms with Crippen LogP contribution in [-0.4, -0.2) is 24.9 Å². The number of carbonyl (C=O) groups excluding carboxylic acids is 1. The molecule has 1 aliphatic heterocycles. The highest BCUT2D eigenvalue weighted by Gasteiger charge is 2.21. The summed E-state index contributed by atoms with van der Waals surface area (Å²) in [6.45, 7) is 7.10. The zero-order chi connectivity index (χ0) is 17.4. The predicted molar refractivity (Wildman–Crippen MR) is 94.4 cm³/mol. The Kier molecular flexibility index (Phi) is 6.85. The van der Waals surface area contributed by atoms with Gasteiger partial charge in [-0.1, -0.05) is 37.4 Å². The summed E-state index contributed by atoms with van der Waals surface area (Å²) in [5.74, 6) is 0.988. The van der Waals surface area contributed by atoms with Crippen LogP contribution in [0.2, 0.25) is 0 Å². The molecule has 24 heavy (non-hydrogen) atoms. The Morgan fingerprint density at radius 2 is 1.96 bits per heavy atom. The Labute approximate surface area is 143 Å². The van der Waals surface area contributed by atoms with Gasteiger partial charge in [0, 0.05) is 0 Å². The van der Waals surface area contributed by atoms with Gasteiger partial charge < -0.3 is 14.3 Å². The van der Waals surface area contributed by atoms with Crippen molar-refractivity contribution in [3.8, 4) is 11.5 Å². The second kappa shape index (κ2) is 9.11. The SMILES string of the molecule is CCCCCCOc1cc(/C=C2/C(=O)ON=C2C)ccc1OCC. The Bertz CT molecular complexity index is 634. The van der Waals surface area contributed by atoms with Gasteiger partial charge in [-0.3, -0.25) is 0 Å². The molecule has 1 heterocycles. The molecule has 0 fully saturated rings. The van der Waals surface area contributed by atoms with Crippen molar-refractivity contribution in [2.45, 2.75) is 46.5 Å². The first-order valence-corrected chi connectivity index (χ1v) is 8.53. The van der Waals surface area contributed by atoms with Gasteiger partial charge in [-0.15, -0.1) is 0 Å². The fourth-order valence-electron chi connectivity index (χ4n) is 2.40. The van der Waals surface area contributed by atoms with Crippen LogP contribution in [-0.2, 0) is 9.63 Å². The number of carbonyl (C=O) groups is 1. The molecule has 1 aromatic rings. The summed E-state index contributed by atoms with van der Waals surface area (Å²) in [6, 6.07) is 5.64. The van der Waals surface area contributed by atoms with Gasteiger partial charge in [0.1, 0.15) is 0 Å². The summed E-state index contributed by atoms with van der Waals surface area (Å²) in [4.78, 5) is 16.3. The molecule has 5 heteroatoms. The number of nitrogens with zero attached hydrogens (tertiary/aromatic N) is 1. The number of unbranched alkanes of at least 4 members (excludes halogenated alkanes) is 3. The maximum absolute atomic E-state index is 11.7. The van der Waals surface area contributed by atoms with Crippen molar-refractivity contribution in [2.75, 3.05) is 13.2 Å². The number of ether oxygens (including phenoxy) is 2. The molecule has 0 atom stereocenters. The third-order valence-corrected chi connectivity index (χ3v) is 3.71. The molecule has 0 aliphatic carbocycles. The van der Waals surface area contributed by atoms with E-state index in [4.69, 9.17) is 9.47 Å². The smallest absolute Gasteiger partial charge is 0.367 e. The van der Waals surface area contributed by atoms with Gasteiger partial charge in [0.15, 0.2) is 11.5 Å². The summed E-state index contributed by atoms with van der Waals surface area (Å²) in [5.41, 5.74) is 1.90. The minimum absolute atomic E-state index is 0.427. The monoisotopic (exact) mass is 331 g/mol. The van der Waals surface area contributed by atoms with Crippen molar-refractivity contribution >= 4 is 17.8 Å². The maximum atomic E-state index is 11.7. The maximum Gasteiger partial charge on any atom is 0.367 e. The molecule has 0 saturated carbocycles. The first-order valence-electron chi connectivity index (χ1n) is 8.53. The number of oxime groups is 1.